The Morgan fingerprint density at radius 2 is 1.61 bits per heavy atom. The molecule has 36 heavy (non-hydrogen) atoms. The van der Waals surface area contributed by atoms with Gasteiger partial charge in [0.2, 0.25) is 0 Å². The van der Waals surface area contributed by atoms with Gasteiger partial charge in [0.1, 0.15) is 22.7 Å². The average Bonchev–Trinajstić information content (AvgIpc) is 2.83. The van der Waals surface area contributed by atoms with Crippen LogP contribution in [0.5, 0.6) is 5.75 Å². The van der Waals surface area contributed by atoms with E-state index in [2.05, 4.69) is 10.6 Å². The number of aromatic hydroxyl groups is 1. The second-order valence-corrected chi connectivity index (χ2v) is 9.61. The number of ketones is 1. The Morgan fingerprint density at radius 3 is 2.25 bits per heavy atom. The van der Waals surface area contributed by atoms with Crippen LogP contribution in [0.25, 0.3) is 0 Å². The highest BCUT2D eigenvalue weighted by Crippen LogP contribution is 2.33. The Labute approximate surface area is 210 Å². The third-order valence-electron chi connectivity index (χ3n) is 5.64. The first-order valence-corrected chi connectivity index (χ1v) is 12.0. The number of phenolic OH excluding ortho intramolecular Hbond substituents is 1. The molecule has 0 aliphatic carbocycles. The Morgan fingerprint density at radius 1 is 0.944 bits per heavy atom. The first-order valence-electron chi connectivity index (χ1n) is 12.0. The van der Waals surface area contributed by atoms with E-state index in [4.69, 9.17) is 4.74 Å². The Hall–Kier alpha value is -3.94. The summed E-state index contributed by atoms with van der Waals surface area (Å²) in [6, 6.07) is 13.9. The van der Waals surface area contributed by atoms with Gasteiger partial charge in [-0.2, -0.15) is 0 Å². The molecule has 0 fully saturated rings. The van der Waals surface area contributed by atoms with E-state index in [1.807, 2.05) is 37.3 Å². The zero-order valence-corrected chi connectivity index (χ0v) is 21.0. The van der Waals surface area contributed by atoms with Crippen molar-refractivity contribution in [1.82, 2.24) is 0 Å². The molecule has 190 valence electrons. The molecule has 3 aromatic carbocycles. The predicted molar refractivity (Wildman–Crippen MR) is 140 cm³/mol. The highest BCUT2D eigenvalue weighted by Gasteiger charge is 2.25. The molecule has 3 rings (SSSR count). The molecule has 0 saturated carbocycles. The van der Waals surface area contributed by atoms with E-state index in [-0.39, 0.29) is 59.5 Å². The Bertz CT molecular complexity index is 1300. The van der Waals surface area contributed by atoms with E-state index in [0.717, 1.165) is 5.56 Å². The van der Waals surface area contributed by atoms with E-state index in [0.29, 0.717) is 6.42 Å². The minimum absolute atomic E-state index is 0.0401. The molecular formula is C28H32N2O6. The molecule has 8 nitrogen and oxygen atoms in total. The standard InChI is InChI=1S/C28H32N2O6/c1-5-19(17-11-7-6-8-12-17)29-23-24(27(35)26(23)34)30-20-14-9-13-18(25(20)33)21(31)15-10-16-22(32)36-28(2,3)4/h6-9,11-14,19,29-30,33H,5,10,15-16H2,1-4H3/t19-/m1/s1. The third kappa shape index (κ3) is 6.38. The number of carbonyl (C=O) groups excluding carboxylic acids is 2. The Kier molecular flexibility index (Phi) is 8.29. The minimum atomic E-state index is -0.700. The van der Waals surface area contributed by atoms with E-state index >= 15 is 0 Å². The van der Waals surface area contributed by atoms with Crippen molar-refractivity contribution in [2.75, 3.05) is 10.6 Å². The van der Waals surface area contributed by atoms with Crippen LogP contribution < -0.4 is 21.5 Å². The zero-order valence-electron chi connectivity index (χ0n) is 21.0. The van der Waals surface area contributed by atoms with Crippen LogP contribution in [-0.2, 0) is 9.53 Å². The van der Waals surface area contributed by atoms with Crippen LogP contribution in [-0.4, -0.2) is 22.5 Å². The lowest BCUT2D eigenvalue weighted by atomic mass is 10.0. The van der Waals surface area contributed by atoms with Crippen molar-refractivity contribution >= 4 is 28.8 Å². The van der Waals surface area contributed by atoms with Crippen molar-refractivity contribution in [3.05, 3.63) is 80.1 Å². The summed E-state index contributed by atoms with van der Waals surface area (Å²) in [6.45, 7) is 7.28. The molecule has 0 radical (unpaired) electrons. The quantitative estimate of drug-likeness (QED) is 0.148. The molecule has 0 aromatic heterocycles. The Balaban J connectivity index is 1.71. The number of hydrogen-bond acceptors (Lipinski definition) is 8. The summed E-state index contributed by atoms with van der Waals surface area (Å²) < 4.78 is 5.24. The van der Waals surface area contributed by atoms with Gasteiger partial charge in [-0.3, -0.25) is 19.2 Å². The fraction of sp³-hybridized carbons (Fsp3) is 0.357. The molecule has 0 unspecified atom stereocenters. The van der Waals surface area contributed by atoms with Crippen LogP contribution in [0.15, 0.2) is 58.1 Å². The van der Waals surface area contributed by atoms with Crippen LogP contribution >= 0.6 is 0 Å². The summed E-state index contributed by atoms with van der Waals surface area (Å²) in [6.07, 6.45) is 1.08. The van der Waals surface area contributed by atoms with Crippen molar-refractivity contribution in [3.8, 4) is 5.75 Å². The van der Waals surface area contributed by atoms with Gasteiger partial charge in [0, 0.05) is 12.8 Å². The maximum absolute atomic E-state index is 12.7. The molecule has 0 heterocycles. The van der Waals surface area contributed by atoms with Crippen molar-refractivity contribution in [1.29, 1.82) is 0 Å². The van der Waals surface area contributed by atoms with Crippen LogP contribution in [0.4, 0.5) is 17.1 Å². The molecule has 0 aliphatic heterocycles. The van der Waals surface area contributed by atoms with Gasteiger partial charge >= 0.3 is 5.97 Å². The van der Waals surface area contributed by atoms with E-state index < -0.39 is 22.4 Å². The average molecular weight is 493 g/mol. The topological polar surface area (TPSA) is 122 Å². The van der Waals surface area contributed by atoms with Crippen molar-refractivity contribution in [2.24, 2.45) is 0 Å². The minimum Gasteiger partial charge on any atom is -0.505 e. The van der Waals surface area contributed by atoms with Gasteiger partial charge < -0.3 is 20.5 Å². The first-order chi connectivity index (χ1) is 17.0. The molecule has 0 saturated heterocycles. The van der Waals surface area contributed by atoms with Crippen LogP contribution in [0.2, 0.25) is 0 Å². The maximum atomic E-state index is 12.7. The largest absolute Gasteiger partial charge is 0.505 e. The number of hydrogen-bond donors (Lipinski definition) is 3. The summed E-state index contributed by atoms with van der Waals surface area (Å²) in [5, 5.41) is 16.7. The van der Waals surface area contributed by atoms with E-state index in [1.54, 1.807) is 26.8 Å². The zero-order chi connectivity index (χ0) is 26.5. The summed E-state index contributed by atoms with van der Waals surface area (Å²) in [5.41, 5.74) is -0.580. The van der Waals surface area contributed by atoms with Gasteiger partial charge in [0.05, 0.1) is 17.3 Å². The van der Waals surface area contributed by atoms with Crippen molar-refractivity contribution in [3.63, 3.8) is 0 Å². The number of carbonyl (C=O) groups is 2. The van der Waals surface area contributed by atoms with Gasteiger partial charge in [-0.1, -0.05) is 43.3 Å². The number of phenols is 1. The van der Waals surface area contributed by atoms with Gasteiger partial charge in [0.25, 0.3) is 10.9 Å². The number of Topliss-reactive ketones (excluding diaryl/α,β-unsaturated/α-hetero) is 1. The molecule has 3 aromatic rings. The number of ether oxygens (including phenoxy) is 1. The lowest BCUT2D eigenvalue weighted by Gasteiger charge is -2.22. The molecule has 1 atom stereocenters. The first kappa shape index (κ1) is 26.7. The molecule has 0 spiro atoms. The maximum Gasteiger partial charge on any atom is 0.306 e. The fourth-order valence-electron chi connectivity index (χ4n) is 3.85. The second kappa shape index (κ2) is 11.2. The summed E-state index contributed by atoms with van der Waals surface area (Å²) in [5.74, 6) is -1.07. The number of nitrogens with one attached hydrogen (secondary N) is 2. The second-order valence-electron chi connectivity index (χ2n) is 9.61. The number of para-hydroxylation sites is 1. The highest BCUT2D eigenvalue weighted by atomic mass is 16.6. The predicted octanol–water partition coefficient (Wildman–Crippen LogP) is 4.99. The number of anilines is 3. The summed E-state index contributed by atoms with van der Waals surface area (Å²) in [7, 11) is 0. The lowest BCUT2D eigenvalue weighted by molar-refractivity contribution is -0.154. The molecule has 0 aliphatic rings. The van der Waals surface area contributed by atoms with Crippen LogP contribution in [0.1, 0.15) is 75.3 Å². The van der Waals surface area contributed by atoms with Gasteiger partial charge in [-0.25, -0.2) is 0 Å². The normalized spacial score (nSPS) is 12.2. The van der Waals surface area contributed by atoms with E-state index in [9.17, 15) is 24.3 Å². The molecule has 3 N–H and O–H groups in total. The summed E-state index contributed by atoms with van der Waals surface area (Å²) in [4.78, 5) is 49.2. The smallest absolute Gasteiger partial charge is 0.306 e. The fourth-order valence-corrected chi connectivity index (χ4v) is 3.85. The highest BCUT2D eigenvalue weighted by molar-refractivity contribution is 6.00. The van der Waals surface area contributed by atoms with Gasteiger partial charge in [-0.15, -0.1) is 0 Å². The number of esters is 1. The monoisotopic (exact) mass is 492 g/mol. The lowest BCUT2D eigenvalue weighted by Crippen LogP contribution is -2.37. The molecular weight excluding hydrogens is 460 g/mol. The number of benzene rings is 2. The van der Waals surface area contributed by atoms with Crippen LogP contribution in [0, 0.1) is 0 Å². The van der Waals surface area contributed by atoms with Crippen molar-refractivity contribution in [2.45, 2.75) is 65.0 Å². The number of rotatable bonds is 11. The third-order valence-corrected chi connectivity index (χ3v) is 5.64. The van der Waals surface area contributed by atoms with Crippen LogP contribution in [0.3, 0.4) is 0 Å². The van der Waals surface area contributed by atoms with E-state index in [1.165, 1.54) is 12.1 Å². The van der Waals surface area contributed by atoms with Gasteiger partial charge in [0.15, 0.2) is 5.78 Å². The molecule has 0 amide bonds. The summed E-state index contributed by atoms with van der Waals surface area (Å²) >= 11 is 0. The molecule has 8 heteroatoms. The SMILES string of the molecule is CC[C@@H](Nc1c(Nc2cccc(C(=O)CCCC(=O)OC(C)(C)C)c2O)c(=O)c1=O)c1ccccc1. The van der Waals surface area contributed by atoms with Gasteiger partial charge in [-0.05, 0) is 51.3 Å². The molecule has 0 bridgehead atoms. The van der Waals surface area contributed by atoms with Crippen molar-refractivity contribution < 1.29 is 19.4 Å².